The first kappa shape index (κ1) is 15.8. The lowest BCUT2D eigenvalue weighted by Gasteiger charge is -2.31. The summed E-state index contributed by atoms with van der Waals surface area (Å²) >= 11 is 0. The van der Waals surface area contributed by atoms with Crippen LogP contribution in [0.1, 0.15) is 58.2 Å². The average molecular weight is 279 g/mol. The van der Waals surface area contributed by atoms with E-state index in [2.05, 4.69) is 78.8 Å². The van der Waals surface area contributed by atoms with Crippen LogP contribution in [0.2, 0.25) is 0 Å². The SMILES string of the molecule is Cc1cc(C(C)(C)C)c(-c2cc[c]cc2)c(C(C)(C)C)c1. The molecule has 0 heteroatoms. The molecule has 0 spiro atoms. The Hall–Kier alpha value is -1.56. The minimum atomic E-state index is 0.126. The second-order valence-corrected chi connectivity index (χ2v) is 8.02. The Kier molecular flexibility index (Phi) is 4.02. The molecule has 2 aromatic carbocycles. The van der Waals surface area contributed by atoms with Crippen molar-refractivity contribution in [1.29, 1.82) is 0 Å². The molecule has 0 saturated heterocycles. The van der Waals surface area contributed by atoms with Gasteiger partial charge in [-0.1, -0.05) is 83.5 Å². The van der Waals surface area contributed by atoms with E-state index in [1.165, 1.54) is 27.8 Å². The third-order valence-corrected chi connectivity index (χ3v) is 3.91. The summed E-state index contributed by atoms with van der Waals surface area (Å²) in [6.45, 7) is 16.0. The summed E-state index contributed by atoms with van der Waals surface area (Å²) in [7, 11) is 0. The molecule has 0 nitrogen and oxygen atoms in total. The van der Waals surface area contributed by atoms with E-state index >= 15 is 0 Å². The minimum Gasteiger partial charge on any atom is -0.0561 e. The largest absolute Gasteiger partial charge is 0.0561 e. The van der Waals surface area contributed by atoms with Crippen LogP contribution in [0.25, 0.3) is 11.1 Å². The fourth-order valence-electron chi connectivity index (χ4n) is 2.83. The molecular formula is C21H27. The number of aryl methyl sites for hydroxylation is 1. The summed E-state index contributed by atoms with van der Waals surface area (Å²) in [5.74, 6) is 0. The van der Waals surface area contributed by atoms with Crippen molar-refractivity contribution in [3.05, 3.63) is 59.2 Å². The normalized spacial score (nSPS) is 12.5. The van der Waals surface area contributed by atoms with Gasteiger partial charge in [-0.05, 0) is 46.1 Å². The molecule has 0 aliphatic carbocycles. The monoisotopic (exact) mass is 279 g/mol. The van der Waals surface area contributed by atoms with E-state index in [-0.39, 0.29) is 10.8 Å². The van der Waals surface area contributed by atoms with Crippen LogP contribution in [-0.4, -0.2) is 0 Å². The fourth-order valence-corrected chi connectivity index (χ4v) is 2.83. The summed E-state index contributed by atoms with van der Waals surface area (Å²) < 4.78 is 0. The highest BCUT2D eigenvalue weighted by atomic mass is 14.3. The quantitative estimate of drug-likeness (QED) is 0.595. The third kappa shape index (κ3) is 3.37. The zero-order valence-electron chi connectivity index (χ0n) is 14.5. The Labute approximate surface area is 130 Å². The smallest absolute Gasteiger partial charge is 0.0109 e. The second-order valence-electron chi connectivity index (χ2n) is 8.02. The van der Waals surface area contributed by atoms with Gasteiger partial charge in [-0.2, -0.15) is 0 Å². The van der Waals surface area contributed by atoms with Crippen LogP contribution < -0.4 is 0 Å². The van der Waals surface area contributed by atoms with Crippen molar-refractivity contribution in [2.75, 3.05) is 0 Å². The Balaban J connectivity index is 2.87. The van der Waals surface area contributed by atoms with Crippen LogP contribution in [0.5, 0.6) is 0 Å². The first-order valence-corrected chi connectivity index (χ1v) is 7.73. The number of rotatable bonds is 1. The van der Waals surface area contributed by atoms with E-state index in [0.29, 0.717) is 0 Å². The lowest BCUT2D eigenvalue weighted by atomic mass is 9.73. The van der Waals surface area contributed by atoms with Crippen LogP contribution in [0, 0.1) is 13.0 Å². The predicted molar refractivity (Wildman–Crippen MR) is 92.9 cm³/mol. The summed E-state index contributed by atoms with van der Waals surface area (Å²) in [6.07, 6.45) is 0. The van der Waals surface area contributed by atoms with Crippen LogP contribution in [-0.2, 0) is 10.8 Å². The summed E-state index contributed by atoms with van der Waals surface area (Å²) in [4.78, 5) is 0. The molecule has 0 bridgehead atoms. The highest BCUT2D eigenvalue weighted by Crippen LogP contribution is 2.41. The number of benzene rings is 2. The molecule has 0 heterocycles. The third-order valence-electron chi connectivity index (χ3n) is 3.91. The van der Waals surface area contributed by atoms with Gasteiger partial charge < -0.3 is 0 Å². The molecular weight excluding hydrogens is 252 g/mol. The molecule has 21 heavy (non-hydrogen) atoms. The second kappa shape index (κ2) is 5.33. The number of hydrogen-bond donors (Lipinski definition) is 0. The summed E-state index contributed by atoms with van der Waals surface area (Å²) in [5.41, 5.74) is 7.15. The van der Waals surface area contributed by atoms with Crippen LogP contribution in [0.4, 0.5) is 0 Å². The van der Waals surface area contributed by atoms with Crippen molar-refractivity contribution in [2.45, 2.75) is 59.3 Å². The standard InChI is InChI=1S/C21H27/c1-15-13-17(20(2,3)4)19(16-11-9-8-10-12-16)18(14-15)21(5,6)7/h9-14H,1-7H3. The van der Waals surface area contributed by atoms with Gasteiger partial charge in [0.2, 0.25) is 0 Å². The maximum Gasteiger partial charge on any atom is -0.0109 e. The van der Waals surface area contributed by atoms with Gasteiger partial charge in [0.05, 0.1) is 0 Å². The van der Waals surface area contributed by atoms with Crippen molar-refractivity contribution >= 4 is 0 Å². The maximum absolute atomic E-state index is 3.13. The Bertz CT molecular complexity index is 584. The van der Waals surface area contributed by atoms with Gasteiger partial charge in [-0.15, -0.1) is 0 Å². The maximum atomic E-state index is 3.13. The van der Waals surface area contributed by atoms with E-state index in [9.17, 15) is 0 Å². The first-order valence-electron chi connectivity index (χ1n) is 7.73. The van der Waals surface area contributed by atoms with E-state index in [0.717, 1.165) is 0 Å². The van der Waals surface area contributed by atoms with Gasteiger partial charge in [-0.25, -0.2) is 0 Å². The van der Waals surface area contributed by atoms with Crippen LogP contribution >= 0.6 is 0 Å². The molecule has 0 atom stereocenters. The Morgan fingerprint density at radius 3 is 1.57 bits per heavy atom. The molecule has 0 aliphatic heterocycles. The van der Waals surface area contributed by atoms with Crippen molar-refractivity contribution in [3.8, 4) is 11.1 Å². The van der Waals surface area contributed by atoms with Crippen molar-refractivity contribution in [1.82, 2.24) is 0 Å². The minimum absolute atomic E-state index is 0.126. The molecule has 0 N–H and O–H groups in total. The molecule has 0 aromatic heterocycles. The molecule has 0 aliphatic rings. The van der Waals surface area contributed by atoms with E-state index < -0.39 is 0 Å². The topological polar surface area (TPSA) is 0 Å². The van der Waals surface area contributed by atoms with Crippen molar-refractivity contribution in [2.24, 2.45) is 0 Å². The highest BCUT2D eigenvalue weighted by molar-refractivity contribution is 5.74. The fraction of sp³-hybridized carbons (Fsp3) is 0.429. The zero-order chi connectivity index (χ0) is 15.8. The van der Waals surface area contributed by atoms with Gasteiger partial charge in [0.25, 0.3) is 0 Å². The van der Waals surface area contributed by atoms with Gasteiger partial charge in [0.15, 0.2) is 0 Å². The highest BCUT2D eigenvalue weighted by Gasteiger charge is 2.26. The van der Waals surface area contributed by atoms with Crippen molar-refractivity contribution in [3.63, 3.8) is 0 Å². The Morgan fingerprint density at radius 2 is 1.19 bits per heavy atom. The molecule has 111 valence electrons. The van der Waals surface area contributed by atoms with Gasteiger partial charge in [0, 0.05) is 0 Å². The van der Waals surface area contributed by atoms with Crippen molar-refractivity contribution < 1.29 is 0 Å². The summed E-state index contributed by atoms with van der Waals surface area (Å²) in [6, 6.07) is 16.2. The predicted octanol–water partition coefficient (Wildman–Crippen LogP) is 6.06. The Morgan fingerprint density at radius 1 is 0.762 bits per heavy atom. The van der Waals surface area contributed by atoms with E-state index in [1.54, 1.807) is 0 Å². The molecule has 0 saturated carbocycles. The van der Waals surface area contributed by atoms with E-state index in [4.69, 9.17) is 0 Å². The summed E-state index contributed by atoms with van der Waals surface area (Å²) in [5, 5.41) is 0. The van der Waals surface area contributed by atoms with E-state index in [1.807, 2.05) is 12.1 Å². The van der Waals surface area contributed by atoms with Gasteiger partial charge in [0.1, 0.15) is 0 Å². The molecule has 1 radical (unpaired) electrons. The molecule has 2 aromatic rings. The first-order chi connectivity index (χ1) is 9.60. The lowest BCUT2D eigenvalue weighted by Crippen LogP contribution is -2.19. The lowest BCUT2D eigenvalue weighted by molar-refractivity contribution is 0.571. The van der Waals surface area contributed by atoms with Gasteiger partial charge in [-0.3, -0.25) is 0 Å². The molecule has 2 rings (SSSR count). The molecule has 0 amide bonds. The molecule has 0 fully saturated rings. The van der Waals surface area contributed by atoms with Crippen LogP contribution in [0.3, 0.4) is 0 Å². The zero-order valence-corrected chi connectivity index (χ0v) is 14.5. The van der Waals surface area contributed by atoms with Crippen LogP contribution in [0.15, 0.2) is 36.4 Å². The molecule has 0 unspecified atom stereocenters. The average Bonchev–Trinajstić information content (AvgIpc) is 2.36. The van der Waals surface area contributed by atoms with Gasteiger partial charge >= 0.3 is 0 Å². The number of hydrogen-bond acceptors (Lipinski definition) is 0.